The van der Waals surface area contributed by atoms with Crippen molar-refractivity contribution in [2.75, 3.05) is 6.54 Å². The minimum absolute atomic E-state index is 0.238. The molecule has 0 heterocycles. The highest BCUT2D eigenvalue weighted by atomic mass is 32.3. The highest BCUT2D eigenvalue weighted by Crippen LogP contribution is 1.89. The maximum absolute atomic E-state index is 10.1. The zero-order valence-corrected chi connectivity index (χ0v) is 7.83. The second kappa shape index (κ2) is 7.92. The molecule has 0 aromatic rings. The normalized spacial score (nSPS) is 10.1. The van der Waals surface area contributed by atoms with E-state index in [9.17, 15) is 4.79 Å². The summed E-state index contributed by atoms with van der Waals surface area (Å²) in [6.45, 7) is 0.646. The van der Waals surface area contributed by atoms with E-state index in [1.807, 2.05) is 0 Å². The Hall–Kier alpha value is -0.700. The van der Waals surface area contributed by atoms with Crippen molar-refractivity contribution >= 4 is 16.3 Å². The molecule has 0 bridgehead atoms. The van der Waals surface area contributed by atoms with E-state index in [1.165, 1.54) is 0 Å². The Labute approximate surface area is 76.7 Å². The van der Waals surface area contributed by atoms with Crippen LogP contribution >= 0.6 is 0 Å². The van der Waals surface area contributed by atoms with Gasteiger partial charge in [0.05, 0.1) is 0 Å². The number of primary amides is 1. The largest absolute Gasteiger partial charge is 0.394 e. The van der Waals surface area contributed by atoms with Crippen molar-refractivity contribution < 1.29 is 22.3 Å². The SMILES string of the molecule is NCCCCC(N)=O.O=S(=O)(O)O. The van der Waals surface area contributed by atoms with E-state index >= 15 is 0 Å². The maximum atomic E-state index is 10.1. The molecule has 0 saturated carbocycles. The summed E-state index contributed by atoms with van der Waals surface area (Å²) in [5.74, 6) is -0.238. The molecule has 0 aromatic heterocycles. The molecule has 6 N–H and O–H groups in total. The van der Waals surface area contributed by atoms with E-state index in [2.05, 4.69) is 0 Å². The van der Waals surface area contributed by atoms with Crippen molar-refractivity contribution in [3.05, 3.63) is 0 Å². The van der Waals surface area contributed by atoms with E-state index in [0.29, 0.717) is 13.0 Å². The summed E-state index contributed by atoms with van der Waals surface area (Å²) >= 11 is 0. The molecular formula is C5H14N2O5S. The van der Waals surface area contributed by atoms with Crippen molar-refractivity contribution in [3.8, 4) is 0 Å². The molecule has 13 heavy (non-hydrogen) atoms. The van der Waals surface area contributed by atoms with Crippen molar-refractivity contribution in [1.82, 2.24) is 0 Å². The van der Waals surface area contributed by atoms with Crippen LogP contribution in [-0.2, 0) is 15.2 Å². The molecule has 0 fully saturated rings. The molecule has 0 saturated heterocycles. The fourth-order valence-corrected chi connectivity index (χ4v) is 0.444. The monoisotopic (exact) mass is 214 g/mol. The van der Waals surface area contributed by atoms with E-state index < -0.39 is 10.4 Å². The number of hydrogen-bond donors (Lipinski definition) is 4. The minimum atomic E-state index is -4.67. The van der Waals surface area contributed by atoms with Crippen LogP contribution in [0.15, 0.2) is 0 Å². The first-order valence-electron chi connectivity index (χ1n) is 3.45. The van der Waals surface area contributed by atoms with Crippen molar-refractivity contribution in [1.29, 1.82) is 0 Å². The molecule has 0 atom stereocenters. The minimum Gasteiger partial charge on any atom is -0.370 e. The van der Waals surface area contributed by atoms with Crippen LogP contribution in [0.25, 0.3) is 0 Å². The van der Waals surface area contributed by atoms with Gasteiger partial charge in [0.15, 0.2) is 0 Å². The van der Waals surface area contributed by atoms with E-state index in [4.69, 9.17) is 29.0 Å². The van der Waals surface area contributed by atoms with E-state index in [-0.39, 0.29) is 5.91 Å². The van der Waals surface area contributed by atoms with Gasteiger partial charge >= 0.3 is 10.4 Å². The number of carbonyl (C=O) groups excluding carboxylic acids is 1. The quantitative estimate of drug-likeness (QED) is 0.347. The number of hydrogen-bond acceptors (Lipinski definition) is 4. The summed E-state index contributed by atoms with van der Waals surface area (Å²) in [6.07, 6.45) is 2.19. The lowest BCUT2D eigenvalue weighted by atomic mass is 10.2. The van der Waals surface area contributed by atoms with Crippen LogP contribution < -0.4 is 11.5 Å². The summed E-state index contributed by atoms with van der Waals surface area (Å²) in [6, 6.07) is 0. The number of rotatable bonds is 4. The van der Waals surface area contributed by atoms with Gasteiger partial charge in [0.2, 0.25) is 5.91 Å². The topological polar surface area (TPSA) is 144 Å². The highest BCUT2D eigenvalue weighted by molar-refractivity contribution is 7.79. The molecule has 0 aliphatic heterocycles. The number of carbonyl (C=O) groups is 1. The second-order valence-electron chi connectivity index (χ2n) is 2.16. The number of amides is 1. The predicted octanol–water partition coefficient (Wildman–Crippen LogP) is -1.05. The van der Waals surface area contributed by atoms with Gasteiger partial charge < -0.3 is 11.5 Å². The number of unbranched alkanes of at least 4 members (excludes halogenated alkanes) is 1. The Morgan fingerprint density at radius 1 is 1.23 bits per heavy atom. The molecule has 0 spiro atoms. The first-order chi connectivity index (χ1) is 5.77. The lowest BCUT2D eigenvalue weighted by molar-refractivity contribution is -0.118. The standard InChI is InChI=1S/C5H12N2O.H2O4S/c6-4-2-1-3-5(7)8;1-5(2,3)4/h1-4,6H2,(H2,7,8);(H2,1,2,3,4). The Morgan fingerprint density at radius 2 is 1.62 bits per heavy atom. The zero-order chi connectivity index (χ0) is 10.9. The van der Waals surface area contributed by atoms with E-state index in [1.54, 1.807) is 0 Å². The molecular weight excluding hydrogens is 200 g/mol. The first kappa shape index (κ1) is 14.8. The summed E-state index contributed by atoms with van der Waals surface area (Å²) < 4.78 is 31.6. The summed E-state index contributed by atoms with van der Waals surface area (Å²) in [7, 11) is -4.67. The summed E-state index contributed by atoms with van der Waals surface area (Å²) in [4.78, 5) is 10.1. The number of nitrogens with two attached hydrogens (primary N) is 2. The third kappa shape index (κ3) is 52.9. The highest BCUT2D eigenvalue weighted by Gasteiger charge is 1.90. The molecule has 0 unspecified atom stereocenters. The molecule has 8 heteroatoms. The lowest BCUT2D eigenvalue weighted by Gasteiger charge is -1.90. The molecule has 0 aliphatic carbocycles. The smallest absolute Gasteiger partial charge is 0.370 e. The van der Waals surface area contributed by atoms with Crippen molar-refractivity contribution in [2.45, 2.75) is 19.3 Å². The van der Waals surface area contributed by atoms with Gasteiger partial charge in [-0.25, -0.2) is 0 Å². The van der Waals surface area contributed by atoms with Gasteiger partial charge in [0, 0.05) is 6.42 Å². The predicted molar refractivity (Wildman–Crippen MR) is 46.3 cm³/mol. The fraction of sp³-hybridized carbons (Fsp3) is 0.800. The molecule has 7 nitrogen and oxygen atoms in total. The van der Waals surface area contributed by atoms with Gasteiger partial charge in [0.25, 0.3) is 0 Å². The lowest BCUT2D eigenvalue weighted by Crippen LogP contribution is -2.10. The second-order valence-corrected chi connectivity index (χ2v) is 3.06. The van der Waals surface area contributed by atoms with Crippen LogP contribution in [-0.4, -0.2) is 30.0 Å². The van der Waals surface area contributed by atoms with Crippen molar-refractivity contribution in [3.63, 3.8) is 0 Å². The third-order valence-electron chi connectivity index (χ3n) is 0.877. The van der Waals surface area contributed by atoms with Crippen LogP contribution in [0.2, 0.25) is 0 Å². The first-order valence-corrected chi connectivity index (χ1v) is 4.85. The average Bonchev–Trinajstić information content (AvgIpc) is 1.83. The maximum Gasteiger partial charge on any atom is 0.394 e. The van der Waals surface area contributed by atoms with Crippen LogP contribution in [0, 0.1) is 0 Å². The molecule has 0 aromatic carbocycles. The molecule has 0 aliphatic rings. The van der Waals surface area contributed by atoms with Gasteiger partial charge in [-0.2, -0.15) is 8.42 Å². The third-order valence-corrected chi connectivity index (χ3v) is 0.877. The summed E-state index contributed by atoms with van der Waals surface area (Å²) in [5, 5.41) is 0. The Bertz CT molecular complexity index is 217. The van der Waals surface area contributed by atoms with Crippen LogP contribution in [0.1, 0.15) is 19.3 Å². The van der Waals surface area contributed by atoms with Gasteiger partial charge in [0.1, 0.15) is 0 Å². The fourth-order valence-electron chi connectivity index (χ4n) is 0.444. The van der Waals surface area contributed by atoms with Crippen LogP contribution in [0.4, 0.5) is 0 Å². The molecule has 80 valence electrons. The molecule has 1 amide bonds. The Balaban J connectivity index is 0. The summed E-state index contributed by atoms with van der Waals surface area (Å²) in [5.41, 5.74) is 10.0. The zero-order valence-electron chi connectivity index (χ0n) is 7.01. The molecule has 0 rings (SSSR count). The Morgan fingerprint density at radius 3 is 1.85 bits per heavy atom. The molecule has 0 radical (unpaired) electrons. The van der Waals surface area contributed by atoms with Crippen LogP contribution in [0.3, 0.4) is 0 Å². The van der Waals surface area contributed by atoms with E-state index in [0.717, 1.165) is 12.8 Å². The van der Waals surface area contributed by atoms with Crippen LogP contribution in [0.5, 0.6) is 0 Å². The van der Waals surface area contributed by atoms with Gasteiger partial charge in [-0.1, -0.05) is 0 Å². The van der Waals surface area contributed by atoms with Crippen molar-refractivity contribution in [2.24, 2.45) is 11.5 Å². The Kier molecular flexibility index (Phi) is 9.02. The van der Waals surface area contributed by atoms with Gasteiger partial charge in [-0.05, 0) is 19.4 Å². The van der Waals surface area contributed by atoms with Gasteiger partial charge in [-0.3, -0.25) is 13.9 Å². The van der Waals surface area contributed by atoms with Gasteiger partial charge in [-0.15, -0.1) is 0 Å². The average molecular weight is 214 g/mol.